The molecule has 1 amide bonds. The first-order valence-corrected chi connectivity index (χ1v) is 8.24. The molecule has 0 aliphatic heterocycles. The highest BCUT2D eigenvalue weighted by Gasteiger charge is 2.13. The third kappa shape index (κ3) is 3.42. The van der Waals surface area contributed by atoms with E-state index in [2.05, 4.69) is 33.2 Å². The van der Waals surface area contributed by atoms with E-state index in [1.807, 2.05) is 55.5 Å². The number of halogens is 1. The lowest BCUT2D eigenvalue weighted by Gasteiger charge is -2.12. The molecule has 0 atom stereocenters. The van der Waals surface area contributed by atoms with Gasteiger partial charge < -0.3 is 5.32 Å². The van der Waals surface area contributed by atoms with Gasteiger partial charge in [-0.1, -0.05) is 34.1 Å². The van der Waals surface area contributed by atoms with Crippen LogP contribution in [0.25, 0.3) is 10.9 Å². The van der Waals surface area contributed by atoms with Crippen molar-refractivity contribution < 1.29 is 4.79 Å². The maximum Gasteiger partial charge on any atom is 0.228 e. The smallest absolute Gasteiger partial charge is 0.228 e. The van der Waals surface area contributed by atoms with E-state index >= 15 is 0 Å². The van der Waals surface area contributed by atoms with Crippen LogP contribution in [0.2, 0.25) is 0 Å². The van der Waals surface area contributed by atoms with Gasteiger partial charge in [-0.05, 0) is 55.3 Å². The molecule has 0 bridgehead atoms. The fraction of sp³-hybridized carbons (Fsp3) is 0.158. The van der Waals surface area contributed by atoms with Crippen molar-refractivity contribution in [1.82, 2.24) is 4.98 Å². The predicted molar refractivity (Wildman–Crippen MR) is 97.7 cm³/mol. The average Bonchev–Trinajstić information content (AvgIpc) is 2.54. The van der Waals surface area contributed by atoms with Crippen LogP contribution in [0.3, 0.4) is 0 Å². The quantitative estimate of drug-likeness (QED) is 0.721. The lowest BCUT2D eigenvalue weighted by Crippen LogP contribution is -2.16. The van der Waals surface area contributed by atoms with Gasteiger partial charge in [0.15, 0.2) is 0 Å². The molecule has 2 aromatic carbocycles. The Kier molecular flexibility index (Phi) is 4.44. The normalized spacial score (nSPS) is 10.7. The first kappa shape index (κ1) is 15.7. The summed E-state index contributed by atoms with van der Waals surface area (Å²) >= 11 is 3.39. The summed E-state index contributed by atoms with van der Waals surface area (Å²) in [6, 6.07) is 15.6. The SMILES string of the molecule is Cc1nc2ccccc2c(C)c1CC(=O)Nc1ccc(Br)cc1. The number of nitrogens with one attached hydrogen (secondary N) is 1. The molecule has 3 aromatic rings. The summed E-state index contributed by atoms with van der Waals surface area (Å²) in [5.74, 6) is -0.0318. The Hall–Kier alpha value is -2.20. The first-order chi connectivity index (χ1) is 11.0. The molecule has 0 fully saturated rings. The van der Waals surface area contributed by atoms with Crippen LogP contribution in [-0.2, 0) is 11.2 Å². The standard InChI is InChI=1S/C19H17BrN2O/c1-12-16-5-3-4-6-18(16)21-13(2)17(12)11-19(23)22-15-9-7-14(20)8-10-15/h3-10H,11H2,1-2H3,(H,22,23). The maximum atomic E-state index is 12.4. The van der Waals surface area contributed by atoms with Gasteiger partial charge in [-0.2, -0.15) is 0 Å². The van der Waals surface area contributed by atoms with Gasteiger partial charge in [0, 0.05) is 21.2 Å². The highest BCUT2D eigenvalue weighted by molar-refractivity contribution is 9.10. The second-order valence-corrected chi connectivity index (χ2v) is 6.47. The van der Waals surface area contributed by atoms with Crippen molar-refractivity contribution in [3.63, 3.8) is 0 Å². The molecule has 3 rings (SSSR count). The van der Waals surface area contributed by atoms with Crippen LogP contribution in [0.4, 0.5) is 5.69 Å². The summed E-state index contributed by atoms with van der Waals surface area (Å²) in [5.41, 5.74) is 4.80. The van der Waals surface area contributed by atoms with E-state index in [9.17, 15) is 4.79 Å². The number of rotatable bonds is 3. The van der Waals surface area contributed by atoms with Crippen molar-refractivity contribution in [2.45, 2.75) is 20.3 Å². The molecule has 0 spiro atoms. The van der Waals surface area contributed by atoms with Crippen molar-refractivity contribution >= 4 is 38.4 Å². The highest BCUT2D eigenvalue weighted by atomic mass is 79.9. The van der Waals surface area contributed by atoms with Gasteiger partial charge in [0.25, 0.3) is 0 Å². The highest BCUT2D eigenvalue weighted by Crippen LogP contribution is 2.23. The number of anilines is 1. The molecule has 0 saturated carbocycles. The number of nitrogens with zero attached hydrogens (tertiary/aromatic N) is 1. The van der Waals surface area contributed by atoms with Crippen LogP contribution in [0.1, 0.15) is 16.8 Å². The third-order valence-corrected chi connectivity index (χ3v) is 4.48. The van der Waals surface area contributed by atoms with Crippen LogP contribution in [-0.4, -0.2) is 10.9 Å². The molecule has 0 aliphatic rings. The Morgan fingerprint density at radius 3 is 2.52 bits per heavy atom. The molecular formula is C19H17BrN2O. The summed E-state index contributed by atoms with van der Waals surface area (Å²) in [5, 5.41) is 4.03. The zero-order valence-corrected chi connectivity index (χ0v) is 14.6. The van der Waals surface area contributed by atoms with E-state index < -0.39 is 0 Å². The number of carbonyl (C=O) groups is 1. The Balaban J connectivity index is 1.86. The van der Waals surface area contributed by atoms with Crippen LogP contribution in [0.5, 0.6) is 0 Å². The van der Waals surface area contributed by atoms with Crippen molar-refractivity contribution in [1.29, 1.82) is 0 Å². The summed E-state index contributed by atoms with van der Waals surface area (Å²) < 4.78 is 0.987. The van der Waals surface area contributed by atoms with E-state index in [1.54, 1.807) is 0 Å². The Labute approximate surface area is 143 Å². The fourth-order valence-electron chi connectivity index (χ4n) is 2.73. The lowest BCUT2D eigenvalue weighted by molar-refractivity contribution is -0.115. The molecular weight excluding hydrogens is 352 g/mol. The molecule has 1 aromatic heterocycles. The van der Waals surface area contributed by atoms with Gasteiger partial charge in [-0.3, -0.25) is 9.78 Å². The van der Waals surface area contributed by atoms with E-state index in [0.717, 1.165) is 37.9 Å². The van der Waals surface area contributed by atoms with Gasteiger partial charge in [-0.15, -0.1) is 0 Å². The number of hydrogen-bond acceptors (Lipinski definition) is 2. The maximum absolute atomic E-state index is 12.4. The zero-order valence-electron chi connectivity index (χ0n) is 13.1. The van der Waals surface area contributed by atoms with Crippen LogP contribution >= 0.6 is 15.9 Å². The lowest BCUT2D eigenvalue weighted by atomic mass is 9.99. The molecule has 0 unspecified atom stereocenters. The van der Waals surface area contributed by atoms with Gasteiger partial charge in [-0.25, -0.2) is 0 Å². The second-order valence-electron chi connectivity index (χ2n) is 5.55. The van der Waals surface area contributed by atoms with Crippen LogP contribution in [0.15, 0.2) is 53.0 Å². The monoisotopic (exact) mass is 368 g/mol. The molecule has 1 N–H and O–H groups in total. The predicted octanol–water partition coefficient (Wildman–Crippen LogP) is 4.80. The minimum Gasteiger partial charge on any atom is -0.326 e. The Morgan fingerprint density at radius 2 is 1.78 bits per heavy atom. The Bertz CT molecular complexity index is 872. The summed E-state index contributed by atoms with van der Waals surface area (Å²) in [6.07, 6.45) is 0.325. The molecule has 116 valence electrons. The van der Waals surface area contributed by atoms with Gasteiger partial charge in [0.1, 0.15) is 0 Å². The van der Waals surface area contributed by atoms with Crippen molar-refractivity contribution in [3.05, 3.63) is 69.8 Å². The zero-order chi connectivity index (χ0) is 16.4. The number of carbonyl (C=O) groups excluding carboxylic acids is 1. The third-order valence-electron chi connectivity index (χ3n) is 3.95. The fourth-order valence-corrected chi connectivity index (χ4v) is 2.99. The number of aryl methyl sites for hydroxylation is 2. The summed E-state index contributed by atoms with van der Waals surface area (Å²) in [7, 11) is 0. The number of para-hydroxylation sites is 1. The van der Waals surface area contributed by atoms with E-state index in [1.165, 1.54) is 0 Å². The first-order valence-electron chi connectivity index (χ1n) is 7.45. The number of pyridine rings is 1. The topological polar surface area (TPSA) is 42.0 Å². The number of benzene rings is 2. The molecule has 3 nitrogen and oxygen atoms in total. The molecule has 0 saturated heterocycles. The number of fused-ring (bicyclic) bond motifs is 1. The van der Waals surface area contributed by atoms with Gasteiger partial charge in [0.2, 0.25) is 5.91 Å². The van der Waals surface area contributed by atoms with Crippen molar-refractivity contribution in [2.24, 2.45) is 0 Å². The summed E-state index contributed by atoms with van der Waals surface area (Å²) in [6.45, 7) is 4.01. The largest absolute Gasteiger partial charge is 0.326 e. The second kappa shape index (κ2) is 6.50. The molecule has 4 heteroatoms. The van der Waals surface area contributed by atoms with E-state index in [0.29, 0.717) is 6.42 Å². The van der Waals surface area contributed by atoms with Gasteiger partial charge in [0.05, 0.1) is 11.9 Å². The number of hydrogen-bond donors (Lipinski definition) is 1. The molecule has 0 aliphatic carbocycles. The van der Waals surface area contributed by atoms with Crippen LogP contribution < -0.4 is 5.32 Å². The average molecular weight is 369 g/mol. The molecule has 23 heavy (non-hydrogen) atoms. The molecule has 1 heterocycles. The minimum absolute atomic E-state index is 0.0318. The van der Waals surface area contributed by atoms with Gasteiger partial charge >= 0.3 is 0 Å². The van der Waals surface area contributed by atoms with Crippen molar-refractivity contribution in [2.75, 3.05) is 5.32 Å². The summed E-state index contributed by atoms with van der Waals surface area (Å²) in [4.78, 5) is 17.0. The Morgan fingerprint density at radius 1 is 1.09 bits per heavy atom. The number of aromatic nitrogens is 1. The van der Waals surface area contributed by atoms with E-state index in [-0.39, 0.29) is 5.91 Å². The molecule has 0 radical (unpaired) electrons. The number of amides is 1. The van der Waals surface area contributed by atoms with Crippen molar-refractivity contribution in [3.8, 4) is 0 Å². The minimum atomic E-state index is -0.0318. The van der Waals surface area contributed by atoms with Crippen LogP contribution in [0, 0.1) is 13.8 Å². The van der Waals surface area contributed by atoms with E-state index in [4.69, 9.17) is 0 Å².